The van der Waals surface area contributed by atoms with Crippen LogP contribution in [0, 0.1) is 0 Å². The second kappa shape index (κ2) is 4.66. The molecule has 2 N–H and O–H groups in total. The van der Waals surface area contributed by atoms with Crippen LogP contribution in [0.4, 0.5) is 0 Å². The maximum atomic E-state index is 6.55. The maximum absolute atomic E-state index is 6.55. The highest BCUT2D eigenvalue weighted by Gasteiger charge is 2.25. The highest BCUT2D eigenvalue weighted by atomic mass is 79.9. The van der Waals surface area contributed by atoms with E-state index < -0.39 is 5.54 Å². The Bertz CT molecular complexity index is 605. The van der Waals surface area contributed by atoms with Crippen molar-refractivity contribution in [1.82, 2.24) is 0 Å². The van der Waals surface area contributed by atoms with Crippen LogP contribution in [0.3, 0.4) is 0 Å². The van der Waals surface area contributed by atoms with Crippen LogP contribution in [0.15, 0.2) is 46.9 Å². The Kier molecular flexibility index (Phi) is 3.11. The van der Waals surface area contributed by atoms with E-state index in [1.807, 2.05) is 25.1 Å². The van der Waals surface area contributed by atoms with Crippen molar-refractivity contribution in [1.29, 1.82) is 0 Å². The van der Waals surface area contributed by atoms with Gasteiger partial charge in [-0.05, 0) is 47.9 Å². The van der Waals surface area contributed by atoms with Crippen LogP contribution >= 0.6 is 15.9 Å². The number of hydrogen-bond donors (Lipinski definition) is 1. The molecule has 1 aliphatic rings. The fourth-order valence-corrected chi connectivity index (χ4v) is 2.74. The molecule has 2 aromatic carbocycles. The van der Waals surface area contributed by atoms with Crippen molar-refractivity contribution in [2.75, 3.05) is 6.61 Å². The Hall–Kier alpha value is -1.32. The van der Waals surface area contributed by atoms with Crippen LogP contribution in [0.25, 0.3) is 0 Å². The Morgan fingerprint density at radius 3 is 2.53 bits per heavy atom. The van der Waals surface area contributed by atoms with Crippen molar-refractivity contribution in [3.63, 3.8) is 0 Å². The minimum absolute atomic E-state index is 0.488. The maximum Gasteiger partial charge on any atom is 0.122 e. The largest absolute Gasteiger partial charge is 0.493 e. The lowest BCUT2D eigenvalue weighted by Crippen LogP contribution is -2.34. The molecule has 1 unspecified atom stereocenters. The topological polar surface area (TPSA) is 35.2 Å². The normalized spacial score (nSPS) is 16.6. The minimum Gasteiger partial charge on any atom is -0.493 e. The lowest BCUT2D eigenvalue weighted by atomic mass is 9.85. The highest BCUT2D eigenvalue weighted by molar-refractivity contribution is 9.10. The summed E-state index contributed by atoms with van der Waals surface area (Å²) in [6, 6.07) is 14.4. The van der Waals surface area contributed by atoms with Crippen molar-refractivity contribution < 1.29 is 4.74 Å². The third-order valence-electron chi connectivity index (χ3n) is 3.73. The van der Waals surface area contributed by atoms with Crippen LogP contribution < -0.4 is 10.5 Å². The summed E-state index contributed by atoms with van der Waals surface area (Å²) in [5.41, 5.74) is 9.55. The van der Waals surface area contributed by atoms with E-state index in [1.165, 1.54) is 5.56 Å². The predicted molar refractivity (Wildman–Crippen MR) is 80.4 cm³/mol. The summed E-state index contributed by atoms with van der Waals surface area (Å²) in [6.45, 7) is 2.83. The standard InChI is InChI=1S/C16H16BrNO/c1-16(18,12-2-5-14(17)6-3-12)13-4-7-15-11(10-13)8-9-19-15/h2-7,10H,8-9,18H2,1H3. The number of benzene rings is 2. The van der Waals surface area contributed by atoms with Crippen LogP contribution in [-0.4, -0.2) is 6.61 Å². The van der Waals surface area contributed by atoms with Gasteiger partial charge in [0.1, 0.15) is 5.75 Å². The van der Waals surface area contributed by atoms with Crippen LogP contribution in [0.2, 0.25) is 0 Å². The van der Waals surface area contributed by atoms with Gasteiger partial charge < -0.3 is 10.5 Å². The third kappa shape index (κ3) is 2.28. The highest BCUT2D eigenvalue weighted by Crippen LogP contribution is 2.33. The second-order valence-corrected chi connectivity index (χ2v) is 6.05. The summed E-state index contributed by atoms with van der Waals surface area (Å²) in [5.74, 6) is 0.996. The molecule has 0 saturated heterocycles. The summed E-state index contributed by atoms with van der Waals surface area (Å²) in [4.78, 5) is 0. The van der Waals surface area contributed by atoms with Gasteiger partial charge in [-0.1, -0.05) is 34.1 Å². The molecule has 0 aromatic heterocycles. The van der Waals surface area contributed by atoms with Gasteiger partial charge in [0.15, 0.2) is 0 Å². The van der Waals surface area contributed by atoms with Crippen LogP contribution in [0.5, 0.6) is 5.75 Å². The van der Waals surface area contributed by atoms with Gasteiger partial charge in [-0.3, -0.25) is 0 Å². The molecule has 2 nitrogen and oxygen atoms in total. The van der Waals surface area contributed by atoms with Gasteiger partial charge in [0.05, 0.1) is 12.1 Å². The monoisotopic (exact) mass is 317 g/mol. The van der Waals surface area contributed by atoms with E-state index in [-0.39, 0.29) is 0 Å². The SMILES string of the molecule is CC(N)(c1ccc(Br)cc1)c1ccc2c(c1)CCO2. The Morgan fingerprint density at radius 1 is 1.11 bits per heavy atom. The number of nitrogens with two attached hydrogens (primary N) is 1. The molecule has 0 radical (unpaired) electrons. The van der Waals surface area contributed by atoms with E-state index in [1.54, 1.807) is 0 Å². The van der Waals surface area contributed by atoms with Gasteiger partial charge in [-0.2, -0.15) is 0 Å². The predicted octanol–water partition coefficient (Wildman–Crippen LogP) is 3.61. The molecule has 19 heavy (non-hydrogen) atoms. The molecular weight excluding hydrogens is 302 g/mol. The average Bonchev–Trinajstić information content (AvgIpc) is 2.86. The summed E-state index contributed by atoms with van der Waals surface area (Å²) in [5, 5.41) is 0. The first kappa shape index (κ1) is 12.7. The number of rotatable bonds is 2. The van der Waals surface area contributed by atoms with Crippen molar-refractivity contribution >= 4 is 15.9 Å². The molecule has 0 saturated carbocycles. The molecule has 0 fully saturated rings. The smallest absolute Gasteiger partial charge is 0.122 e. The summed E-state index contributed by atoms with van der Waals surface area (Å²) in [6.07, 6.45) is 0.972. The van der Waals surface area contributed by atoms with E-state index in [0.717, 1.165) is 34.4 Å². The zero-order chi connectivity index (χ0) is 13.5. The van der Waals surface area contributed by atoms with Gasteiger partial charge in [-0.15, -0.1) is 0 Å². The zero-order valence-corrected chi connectivity index (χ0v) is 12.4. The average molecular weight is 318 g/mol. The number of hydrogen-bond acceptors (Lipinski definition) is 2. The van der Waals surface area contributed by atoms with Crippen LogP contribution in [-0.2, 0) is 12.0 Å². The molecule has 0 amide bonds. The molecule has 0 spiro atoms. The van der Waals surface area contributed by atoms with Crippen LogP contribution in [0.1, 0.15) is 23.6 Å². The summed E-state index contributed by atoms with van der Waals surface area (Å²) in [7, 11) is 0. The second-order valence-electron chi connectivity index (χ2n) is 5.13. The minimum atomic E-state index is -0.488. The van der Waals surface area contributed by atoms with Gasteiger partial charge >= 0.3 is 0 Å². The van der Waals surface area contributed by atoms with E-state index in [4.69, 9.17) is 10.5 Å². The van der Waals surface area contributed by atoms with Gasteiger partial charge in [-0.25, -0.2) is 0 Å². The first-order chi connectivity index (χ1) is 9.07. The number of ether oxygens (including phenoxy) is 1. The van der Waals surface area contributed by atoms with Crippen molar-refractivity contribution in [3.05, 3.63) is 63.6 Å². The fourth-order valence-electron chi connectivity index (χ4n) is 2.47. The van der Waals surface area contributed by atoms with E-state index in [9.17, 15) is 0 Å². The molecule has 2 aromatic rings. The molecule has 1 aliphatic heterocycles. The zero-order valence-electron chi connectivity index (χ0n) is 10.8. The number of halogens is 1. The quantitative estimate of drug-likeness (QED) is 0.918. The molecule has 0 aliphatic carbocycles. The van der Waals surface area contributed by atoms with E-state index in [2.05, 4.69) is 40.2 Å². The summed E-state index contributed by atoms with van der Waals surface area (Å²) < 4.78 is 6.60. The Morgan fingerprint density at radius 2 is 1.79 bits per heavy atom. The van der Waals surface area contributed by atoms with Crippen molar-refractivity contribution in [2.45, 2.75) is 18.9 Å². The first-order valence-corrected chi connectivity index (χ1v) is 7.18. The van der Waals surface area contributed by atoms with Gasteiger partial charge in [0, 0.05) is 10.9 Å². The van der Waals surface area contributed by atoms with E-state index in [0.29, 0.717) is 0 Å². The Labute approximate surface area is 121 Å². The molecule has 1 heterocycles. The summed E-state index contributed by atoms with van der Waals surface area (Å²) >= 11 is 3.45. The fraction of sp³-hybridized carbons (Fsp3) is 0.250. The molecule has 3 heteroatoms. The number of fused-ring (bicyclic) bond motifs is 1. The molecule has 3 rings (SSSR count). The van der Waals surface area contributed by atoms with Crippen molar-refractivity contribution in [2.24, 2.45) is 5.73 Å². The third-order valence-corrected chi connectivity index (χ3v) is 4.26. The van der Waals surface area contributed by atoms with Gasteiger partial charge in [0.25, 0.3) is 0 Å². The molecule has 1 atom stereocenters. The lowest BCUT2D eigenvalue weighted by Gasteiger charge is -2.26. The molecule has 0 bridgehead atoms. The molecular formula is C16H16BrNO. The Balaban J connectivity index is 2.02. The first-order valence-electron chi connectivity index (χ1n) is 6.38. The lowest BCUT2D eigenvalue weighted by molar-refractivity contribution is 0.356. The van der Waals surface area contributed by atoms with Gasteiger partial charge in [0.2, 0.25) is 0 Å². The van der Waals surface area contributed by atoms with E-state index >= 15 is 0 Å². The van der Waals surface area contributed by atoms with Crippen molar-refractivity contribution in [3.8, 4) is 5.75 Å². The molecule has 98 valence electrons.